The molecule has 1 aromatic carbocycles. The van der Waals surface area contributed by atoms with Crippen molar-refractivity contribution in [1.29, 1.82) is 0 Å². The Balaban J connectivity index is 1.48. The maximum atomic E-state index is 12.6. The number of benzene rings is 1. The van der Waals surface area contributed by atoms with Gasteiger partial charge in [-0.2, -0.15) is 5.10 Å². The molecule has 3 aromatic rings. The van der Waals surface area contributed by atoms with Crippen molar-refractivity contribution < 1.29 is 9.53 Å². The average molecular weight is 367 g/mol. The Bertz CT molecular complexity index is 923. The Hall–Kier alpha value is -2.64. The van der Waals surface area contributed by atoms with Crippen molar-refractivity contribution >= 4 is 22.5 Å². The molecular weight excluding hydrogens is 342 g/mol. The fourth-order valence-corrected chi connectivity index (χ4v) is 3.56. The molecule has 2 aromatic heterocycles. The Kier molecular flexibility index (Phi) is 5.22. The minimum absolute atomic E-state index is 0.188. The Morgan fingerprint density at radius 1 is 1.33 bits per heavy atom. The second kappa shape index (κ2) is 7.94. The molecule has 3 heterocycles. The molecule has 2 N–H and O–H groups in total. The number of carbonyl (C=O) groups is 1. The van der Waals surface area contributed by atoms with Gasteiger partial charge in [0.1, 0.15) is 0 Å². The predicted molar refractivity (Wildman–Crippen MR) is 105 cm³/mol. The van der Waals surface area contributed by atoms with Crippen molar-refractivity contribution in [3.8, 4) is 0 Å². The summed E-state index contributed by atoms with van der Waals surface area (Å²) in [4.78, 5) is 12.6. The van der Waals surface area contributed by atoms with Crippen LogP contribution >= 0.6 is 0 Å². The molecule has 7 heteroatoms. The van der Waals surface area contributed by atoms with E-state index in [1.54, 1.807) is 13.2 Å². The van der Waals surface area contributed by atoms with Crippen molar-refractivity contribution in [3.05, 3.63) is 48.4 Å². The van der Waals surface area contributed by atoms with E-state index in [9.17, 15) is 4.79 Å². The third kappa shape index (κ3) is 3.89. The number of rotatable bonds is 6. The molecule has 1 unspecified atom stereocenters. The molecule has 0 saturated carbocycles. The van der Waals surface area contributed by atoms with Crippen molar-refractivity contribution in [2.24, 2.45) is 0 Å². The van der Waals surface area contributed by atoms with Crippen LogP contribution in [0.1, 0.15) is 29.4 Å². The quantitative estimate of drug-likeness (QED) is 0.703. The van der Waals surface area contributed by atoms with Gasteiger partial charge in [-0.05, 0) is 49.0 Å². The summed E-state index contributed by atoms with van der Waals surface area (Å²) in [6, 6.07) is 10.1. The standard InChI is InChI=1S/C20H25N5O2/c1-27-12-11-24-9-6-15-4-5-16(13-19(15)24)22-20(26)18-7-10-25(23-18)17-3-2-8-21-14-17/h4-7,9-10,13,17,21H,2-3,8,11-12,14H2,1H3,(H,22,26). The lowest BCUT2D eigenvalue weighted by atomic mass is 10.1. The van der Waals surface area contributed by atoms with Gasteiger partial charge < -0.3 is 19.9 Å². The molecule has 27 heavy (non-hydrogen) atoms. The first kappa shape index (κ1) is 17.8. The lowest BCUT2D eigenvalue weighted by Gasteiger charge is -2.22. The van der Waals surface area contributed by atoms with Gasteiger partial charge in [-0.3, -0.25) is 9.48 Å². The lowest BCUT2D eigenvalue weighted by Crippen LogP contribution is -2.32. The van der Waals surface area contributed by atoms with Crippen LogP contribution in [0.5, 0.6) is 0 Å². The normalized spacial score (nSPS) is 17.3. The number of hydrogen-bond acceptors (Lipinski definition) is 4. The zero-order valence-electron chi connectivity index (χ0n) is 15.5. The van der Waals surface area contributed by atoms with Gasteiger partial charge in [0.2, 0.25) is 0 Å². The second-order valence-electron chi connectivity index (χ2n) is 6.91. The fraction of sp³-hybridized carbons (Fsp3) is 0.400. The monoisotopic (exact) mass is 367 g/mol. The molecule has 0 aliphatic carbocycles. The molecule has 0 radical (unpaired) electrons. The van der Waals surface area contributed by atoms with Crippen LogP contribution in [0.3, 0.4) is 0 Å². The largest absolute Gasteiger partial charge is 0.383 e. The van der Waals surface area contributed by atoms with Crippen molar-refractivity contribution in [2.45, 2.75) is 25.4 Å². The molecular formula is C20H25N5O2. The highest BCUT2D eigenvalue weighted by Gasteiger charge is 2.18. The van der Waals surface area contributed by atoms with E-state index in [1.165, 1.54) is 0 Å². The molecule has 1 aliphatic heterocycles. The summed E-state index contributed by atoms with van der Waals surface area (Å²) in [6.07, 6.45) is 6.15. The maximum Gasteiger partial charge on any atom is 0.276 e. The SMILES string of the molecule is COCCn1ccc2ccc(NC(=O)c3ccn(C4CCCNC4)n3)cc21. The number of ether oxygens (including phenoxy) is 1. The summed E-state index contributed by atoms with van der Waals surface area (Å²) in [7, 11) is 1.69. The van der Waals surface area contributed by atoms with Gasteiger partial charge in [-0.25, -0.2) is 0 Å². The molecule has 0 bridgehead atoms. The van der Waals surface area contributed by atoms with E-state index in [-0.39, 0.29) is 5.91 Å². The molecule has 1 fully saturated rings. The minimum atomic E-state index is -0.188. The van der Waals surface area contributed by atoms with Crippen LogP contribution in [0, 0.1) is 0 Å². The van der Waals surface area contributed by atoms with E-state index in [4.69, 9.17) is 4.74 Å². The number of hydrogen-bond donors (Lipinski definition) is 2. The number of nitrogens with one attached hydrogen (secondary N) is 2. The van der Waals surface area contributed by atoms with Crippen LogP contribution in [0.15, 0.2) is 42.7 Å². The number of aromatic nitrogens is 3. The number of carbonyl (C=O) groups excluding carboxylic acids is 1. The van der Waals surface area contributed by atoms with Gasteiger partial charge in [0.05, 0.1) is 18.2 Å². The third-order valence-corrected chi connectivity index (χ3v) is 5.05. The summed E-state index contributed by atoms with van der Waals surface area (Å²) in [5, 5.41) is 12.0. The van der Waals surface area contributed by atoms with Gasteiger partial charge in [0, 0.05) is 38.3 Å². The number of fused-ring (bicyclic) bond motifs is 1. The fourth-order valence-electron chi connectivity index (χ4n) is 3.56. The summed E-state index contributed by atoms with van der Waals surface area (Å²) in [6.45, 7) is 3.38. The number of piperidine rings is 1. The van der Waals surface area contributed by atoms with Gasteiger partial charge >= 0.3 is 0 Å². The molecule has 7 nitrogen and oxygen atoms in total. The summed E-state index contributed by atoms with van der Waals surface area (Å²) in [5.41, 5.74) is 2.28. The van der Waals surface area contributed by atoms with Gasteiger partial charge in [-0.15, -0.1) is 0 Å². The molecule has 1 atom stereocenters. The van der Waals surface area contributed by atoms with Crippen LogP contribution in [-0.2, 0) is 11.3 Å². The highest BCUT2D eigenvalue weighted by Crippen LogP contribution is 2.21. The van der Waals surface area contributed by atoms with E-state index in [0.717, 1.165) is 49.1 Å². The van der Waals surface area contributed by atoms with Crippen LogP contribution in [0.25, 0.3) is 10.9 Å². The maximum absolute atomic E-state index is 12.6. The summed E-state index contributed by atoms with van der Waals surface area (Å²) in [5.74, 6) is -0.188. The molecule has 142 valence electrons. The average Bonchev–Trinajstić information content (AvgIpc) is 3.34. The van der Waals surface area contributed by atoms with E-state index >= 15 is 0 Å². The lowest BCUT2D eigenvalue weighted by molar-refractivity contribution is 0.102. The Labute approximate surface area is 158 Å². The Morgan fingerprint density at radius 3 is 3.07 bits per heavy atom. The highest BCUT2D eigenvalue weighted by atomic mass is 16.5. The van der Waals surface area contributed by atoms with Gasteiger partial charge in [0.15, 0.2) is 5.69 Å². The minimum Gasteiger partial charge on any atom is -0.383 e. The van der Waals surface area contributed by atoms with E-state index in [2.05, 4.69) is 26.4 Å². The molecule has 1 amide bonds. The van der Waals surface area contributed by atoms with E-state index < -0.39 is 0 Å². The van der Waals surface area contributed by atoms with E-state index in [0.29, 0.717) is 18.3 Å². The smallest absolute Gasteiger partial charge is 0.276 e. The third-order valence-electron chi connectivity index (χ3n) is 5.05. The van der Waals surface area contributed by atoms with Crippen LogP contribution < -0.4 is 10.6 Å². The topological polar surface area (TPSA) is 73.1 Å². The first-order valence-electron chi connectivity index (χ1n) is 9.39. The van der Waals surface area contributed by atoms with Gasteiger partial charge in [0.25, 0.3) is 5.91 Å². The molecule has 0 spiro atoms. The summed E-state index contributed by atoms with van der Waals surface area (Å²) < 4.78 is 9.19. The summed E-state index contributed by atoms with van der Waals surface area (Å²) >= 11 is 0. The molecule has 1 aliphatic rings. The van der Waals surface area contributed by atoms with Crippen LogP contribution in [0.2, 0.25) is 0 Å². The van der Waals surface area contributed by atoms with E-state index in [1.807, 2.05) is 35.3 Å². The van der Waals surface area contributed by atoms with Crippen LogP contribution in [-0.4, -0.2) is 47.1 Å². The highest BCUT2D eigenvalue weighted by molar-refractivity contribution is 6.03. The zero-order valence-corrected chi connectivity index (χ0v) is 15.5. The second-order valence-corrected chi connectivity index (χ2v) is 6.91. The van der Waals surface area contributed by atoms with Crippen molar-refractivity contribution in [2.75, 3.05) is 32.1 Å². The Morgan fingerprint density at radius 2 is 2.26 bits per heavy atom. The van der Waals surface area contributed by atoms with Crippen molar-refractivity contribution in [1.82, 2.24) is 19.7 Å². The number of nitrogens with zero attached hydrogens (tertiary/aromatic N) is 3. The number of anilines is 1. The number of methoxy groups -OCH3 is 1. The van der Waals surface area contributed by atoms with Gasteiger partial charge in [-0.1, -0.05) is 6.07 Å². The number of amides is 1. The molecule has 1 saturated heterocycles. The van der Waals surface area contributed by atoms with Crippen molar-refractivity contribution in [3.63, 3.8) is 0 Å². The van der Waals surface area contributed by atoms with Crippen LogP contribution in [0.4, 0.5) is 5.69 Å². The first-order valence-corrected chi connectivity index (χ1v) is 9.39. The first-order chi connectivity index (χ1) is 13.2. The predicted octanol–water partition coefficient (Wildman–Crippen LogP) is 2.66. The zero-order chi connectivity index (χ0) is 18.6. The molecule has 4 rings (SSSR count).